The van der Waals surface area contributed by atoms with Gasteiger partial charge < -0.3 is 5.32 Å². The average molecular weight is 492 g/mol. The molecule has 0 amide bonds. The van der Waals surface area contributed by atoms with Gasteiger partial charge in [-0.1, -0.05) is 24.3 Å². The van der Waals surface area contributed by atoms with Crippen LogP contribution in [0.5, 0.6) is 0 Å². The van der Waals surface area contributed by atoms with E-state index < -0.39 is 11.6 Å². The predicted octanol–water partition coefficient (Wildman–Crippen LogP) is 7.24. The topological polar surface area (TPSA) is 28.2 Å². The van der Waals surface area contributed by atoms with Crippen LogP contribution in [0.4, 0.5) is 18.9 Å². The Morgan fingerprint density at radius 3 is 2.60 bits per heavy atom. The average Bonchev–Trinajstić information content (AvgIpc) is 2.88. The number of allylic oxidation sites excluding steroid dienone is 2. The van der Waals surface area contributed by atoms with Crippen LogP contribution < -0.4 is 5.32 Å². The summed E-state index contributed by atoms with van der Waals surface area (Å²) in [5.41, 5.74) is 4.39. The van der Waals surface area contributed by atoms with Crippen molar-refractivity contribution in [3.05, 3.63) is 120 Å². The van der Waals surface area contributed by atoms with Gasteiger partial charge in [0.2, 0.25) is 0 Å². The van der Waals surface area contributed by atoms with Crippen LogP contribution in [-0.2, 0) is 0 Å². The van der Waals surface area contributed by atoms with Crippen LogP contribution in [0.3, 0.4) is 0 Å². The molecule has 2 aliphatic rings. The molecule has 1 aliphatic heterocycles. The maximum Gasteiger partial charge on any atom is 0.159 e. The third-order valence-corrected chi connectivity index (χ3v) is 7.54. The number of fused-ring (bicyclic) bond motifs is 1. The van der Waals surface area contributed by atoms with E-state index >= 15 is 0 Å². The highest BCUT2D eigenvalue weighted by atomic mass is 32.2. The Kier molecular flexibility index (Phi) is 6.54. The summed E-state index contributed by atoms with van der Waals surface area (Å²) in [5.74, 6) is -1.97. The summed E-state index contributed by atoms with van der Waals surface area (Å²) >= 11 is 1.43. The van der Waals surface area contributed by atoms with Crippen molar-refractivity contribution >= 4 is 23.2 Å². The molecule has 0 radical (unpaired) electrons. The summed E-state index contributed by atoms with van der Waals surface area (Å²) in [5, 5.41) is 3.38. The first-order valence-electron chi connectivity index (χ1n) is 11.4. The first-order chi connectivity index (χ1) is 16.9. The van der Waals surface area contributed by atoms with E-state index in [4.69, 9.17) is 0 Å². The molecule has 3 aromatic rings. The second-order valence-corrected chi connectivity index (χ2v) is 9.89. The Morgan fingerprint density at radius 2 is 1.86 bits per heavy atom. The molecule has 1 aliphatic carbocycles. The summed E-state index contributed by atoms with van der Waals surface area (Å²) in [4.78, 5) is 5.20. The summed E-state index contributed by atoms with van der Waals surface area (Å²) in [6.07, 6.45) is 7.53. The molecular formula is C28H24F3N3S. The highest BCUT2D eigenvalue weighted by molar-refractivity contribution is 7.97. The number of halogens is 3. The molecule has 1 fully saturated rings. The van der Waals surface area contributed by atoms with Gasteiger partial charge in [-0.2, -0.15) is 0 Å². The minimum atomic E-state index is -0.850. The van der Waals surface area contributed by atoms with Crippen LogP contribution in [0.2, 0.25) is 0 Å². The number of hydrogen-bond donors (Lipinski definition) is 1. The number of benzene rings is 2. The molecule has 0 spiro atoms. The van der Waals surface area contributed by atoms with E-state index in [1.54, 1.807) is 24.4 Å². The van der Waals surface area contributed by atoms with Crippen LogP contribution in [0, 0.1) is 22.9 Å². The fraction of sp³-hybridized carbons (Fsp3) is 0.179. The highest BCUT2D eigenvalue weighted by Crippen LogP contribution is 2.51. The second-order valence-electron chi connectivity index (χ2n) is 8.72. The third kappa shape index (κ3) is 4.92. The predicted molar refractivity (Wildman–Crippen MR) is 135 cm³/mol. The molecule has 1 saturated heterocycles. The maximum atomic E-state index is 13.8. The lowest BCUT2D eigenvalue weighted by Crippen LogP contribution is -2.43. The normalized spacial score (nSPS) is 20.0. The summed E-state index contributed by atoms with van der Waals surface area (Å²) in [6, 6.07) is 16.1. The van der Waals surface area contributed by atoms with Crippen molar-refractivity contribution in [2.24, 2.45) is 5.41 Å². The molecular weight excluding hydrogens is 467 g/mol. The summed E-state index contributed by atoms with van der Waals surface area (Å²) in [7, 11) is 0. The lowest BCUT2D eigenvalue weighted by molar-refractivity contribution is 0.289. The minimum Gasteiger partial charge on any atom is -0.356 e. The molecule has 3 nitrogen and oxygen atoms in total. The van der Waals surface area contributed by atoms with Gasteiger partial charge in [-0.25, -0.2) is 17.5 Å². The van der Waals surface area contributed by atoms with Crippen LogP contribution in [-0.4, -0.2) is 22.4 Å². The number of rotatable bonds is 6. The smallest absolute Gasteiger partial charge is 0.159 e. The first-order valence-corrected chi connectivity index (χ1v) is 12.1. The maximum absolute atomic E-state index is 13.8. The van der Waals surface area contributed by atoms with E-state index in [9.17, 15) is 13.2 Å². The summed E-state index contributed by atoms with van der Waals surface area (Å²) in [6.45, 7) is 5.87. The Labute approximate surface area is 207 Å². The zero-order valence-electron chi connectivity index (χ0n) is 19.0. The van der Waals surface area contributed by atoms with Gasteiger partial charge >= 0.3 is 0 Å². The minimum absolute atomic E-state index is 0.275. The molecule has 0 saturated carbocycles. The van der Waals surface area contributed by atoms with Gasteiger partial charge in [-0.05, 0) is 91.0 Å². The zero-order valence-corrected chi connectivity index (χ0v) is 19.8. The van der Waals surface area contributed by atoms with Crippen molar-refractivity contribution < 1.29 is 13.2 Å². The molecule has 5 rings (SSSR count). The van der Waals surface area contributed by atoms with Gasteiger partial charge in [0, 0.05) is 41.0 Å². The van der Waals surface area contributed by atoms with Crippen LogP contribution >= 0.6 is 11.9 Å². The zero-order chi connectivity index (χ0) is 24.4. The standard InChI is InChI=1S/C28H24F3N3S/c1-19(27-4-2-3-14-32-27)28-13-11-23(33-22-7-5-21(29)6-8-22)16-20(28)12-15-34(18-28)35-24-9-10-25(30)26(31)17-24/h2-11,14,16-17,33H,1,12-13,15,18H2. The molecule has 2 heterocycles. The van der Waals surface area contributed by atoms with Crippen LogP contribution in [0.25, 0.3) is 5.57 Å². The Hall–Kier alpha value is -3.29. The van der Waals surface area contributed by atoms with Gasteiger partial charge in [-0.15, -0.1) is 0 Å². The molecule has 1 N–H and O–H groups in total. The van der Waals surface area contributed by atoms with E-state index in [1.165, 1.54) is 35.7 Å². The second kappa shape index (κ2) is 9.76. The van der Waals surface area contributed by atoms with Gasteiger partial charge in [0.15, 0.2) is 11.6 Å². The largest absolute Gasteiger partial charge is 0.356 e. The number of anilines is 1. The highest BCUT2D eigenvalue weighted by Gasteiger charge is 2.43. The van der Waals surface area contributed by atoms with Crippen molar-refractivity contribution in [1.82, 2.24) is 9.29 Å². The molecule has 1 aromatic heterocycles. The van der Waals surface area contributed by atoms with E-state index in [0.717, 1.165) is 41.7 Å². The Balaban J connectivity index is 1.43. The lowest BCUT2D eigenvalue weighted by Gasteiger charge is -2.47. The number of nitrogens with one attached hydrogen (secondary N) is 1. The van der Waals surface area contributed by atoms with Gasteiger partial charge in [0.05, 0.1) is 5.69 Å². The number of piperidine rings is 1. The number of pyridine rings is 1. The molecule has 0 bridgehead atoms. The lowest BCUT2D eigenvalue weighted by atomic mass is 9.65. The van der Waals surface area contributed by atoms with Crippen molar-refractivity contribution in [3.8, 4) is 0 Å². The number of aromatic nitrogens is 1. The quantitative estimate of drug-likeness (QED) is 0.368. The fourth-order valence-corrected chi connectivity index (χ4v) is 5.70. The molecule has 1 atom stereocenters. The van der Waals surface area contributed by atoms with Crippen molar-refractivity contribution in [2.75, 3.05) is 18.4 Å². The molecule has 1 unspecified atom stereocenters. The number of nitrogens with zero attached hydrogens (tertiary/aromatic N) is 2. The van der Waals surface area contributed by atoms with E-state index in [2.05, 4.69) is 33.3 Å². The monoisotopic (exact) mass is 491 g/mol. The summed E-state index contributed by atoms with van der Waals surface area (Å²) < 4.78 is 42.7. The fourth-order valence-electron chi connectivity index (χ4n) is 4.65. The SMILES string of the molecule is C=C(c1ccccn1)C12CC=C(Nc3ccc(F)cc3)C=C1CCN(Sc1ccc(F)c(F)c1)C2. The molecule has 35 heavy (non-hydrogen) atoms. The Morgan fingerprint density at radius 1 is 1.03 bits per heavy atom. The van der Waals surface area contributed by atoms with Gasteiger partial charge in [-0.3, -0.25) is 4.98 Å². The van der Waals surface area contributed by atoms with E-state index in [-0.39, 0.29) is 11.2 Å². The molecule has 178 valence electrons. The molecule has 7 heteroatoms. The van der Waals surface area contributed by atoms with Crippen LogP contribution in [0.1, 0.15) is 18.5 Å². The third-order valence-electron chi connectivity index (χ3n) is 6.50. The van der Waals surface area contributed by atoms with Gasteiger partial charge in [0.1, 0.15) is 5.82 Å². The van der Waals surface area contributed by atoms with Crippen molar-refractivity contribution in [2.45, 2.75) is 17.7 Å². The van der Waals surface area contributed by atoms with Crippen molar-refractivity contribution in [1.29, 1.82) is 0 Å². The first kappa shape index (κ1) is 23.5. The Bertz CT molecular complexity index is 1300. The molecule has 2 aromatic carbocycles. The van der Waals surface area contributed by atoms with E-state index in [1.807, 2.05) is 18.2 Å². The van der Waals surface area contributed by atoms with E-state index in [0.29, 0.717) is 17.9 Å². The van der Waals surface area contributed by atoms with Crippen LogP contribution in [0.15, 0.2) is 102 Å². The van der Waals surface area contributed by atoms with Gasteiger partial charge in [0.25, 0.3) is 0 Å². The number of hydrogen-bond acceptors (Lipinski definition) is 4. The van der Waals surface area contributed by atoms with Crippen molar-refractivity contribution in [3.63, 3.8) is 0 Å².